The van der Waals surface area contributed by atoms with E-state index in [9.17, 15) is 8.42 Å². The molecule has 10 nitrogen and oxygen atoms in total. The van der Waals surface area contributed by atoms with Crippen molar-refractivity contribution in [2.24, 2.45) is 12.0 Å². The molecule has 1 aromatic heterocycles. The average molecular weight is 572 g/mol. The van der Waals surface area contributed by atoms with E-state index in [4.69, 9.17) is 9.73 Å². The number of aryl methyl sites for hydroxylation is 1. The SMILES string of the molecule is CCCCNC(=NCc1nnc(C)n1C)N1CCN(S(=O)(=O)CCOC(C)C)CC1.I. The highest BCUT2D eigenvalue weighted by atomic mass is 127. The second-order valence-corrected chi connectivity index (χ2v) is 9.85. The van der Waals surface area contributed by atoms with Crippen LogP contribution in [0.1, 0.15) is 45.3 Å². The molecule has 1 aliphatic heterocycles. The molecule has 2 heterocycles. The normalized spacial score (nSPS) is 15.9. The molecule has 0 spiro atoms. The highest BCUT2D eigenvalue weighted by molar-refractivity contribution is 14.0. The van der Waals surface area contributed by atoms with Crippen molar-refractivity contribution in [2.45, 2.75) is 53.2 Å². The number of guanidine groups is 1. The van der Waals surface area contributed by atoms with Gasteiger partial charge in [0, 0.05) is 39.8 Å². The fourth-order valence-electron chi connectivity index (χ4n) is 3.08. The number of piperazine rings is 1. The van der Waals surface area contributed by atoms with Gasteiger partial charge in [-0.05, 0) is 27.2 Å². The number of halogens is 1. The van der Waals surface area contributed by atoms with Crippen molar-refractivity contribution in [1.29, 1.82) is 0 Å². The third-order valence-electron chi connectivity index (χ3n) is 5.09. The Balaban J connectivity index is 0.00000480. The smallest absolute Gasteiger partial charge is 0.216 e. The molecule has 31 heavy (non-hydrogen) atoms. The molecule has 2 rings (SSSR count). The van der Waals surface area contributed by atoms with Gasteiger partial charge in [-0.15, -0.1) is 34.2 Å². The Labute approximate surface area is 203 Å². The van der Waals surface area contributed by atoms with Gasteiger partial charge >= 0.3 is 0 Å². The topological polar surface area (TPSA) is 105 Å². The molecule has 0 radical (unpaired) electrons. The summed E-state index contributed by atoms with van der Waals surface area (Å²) in [7, 11) is -1.38. The largest absolute Gasteiger partial charge is 0.378 e. The van der Waals surface area contributed by atoms with Crippen molar-refractivity contribution >= 4 is 40.0 Å². The number of aromatic nitrogens is 3. The summed E-state index contributed by atoms with van der Waals surface area (Å²) in [4.78, 5) is 6.86. The van der Waals surface area contributed by atoms with Gasteiger partial charge in [-0.25, -0.2) is 13.4 Å². The second kappa shape index (κ2) is 13.5. The molecule has 0 saturated carbocycles. The molecule has 0 aromatic carbocycles. The van der Waals surface area contributed by atoms with E-state index in [-0.39, 0.29) is 42.4 Å². The van der Waals surface area contributed by atoms with Crippen LogP contribution in [0, 0.1) is 6.92 Å². The molecule has 1 N–H and O–H groups in total. The Kier molecular flexibility index (Phi) is 12.2. The third-order valence-corrected chi connectivity index (χ3v) is 6.92. The Morgan fingerprint density at radius 2 is 1.90 bits per heavy atom. The molecule has 0 atom stereocenters. The number of nitrogens with one attached hydrogen (secondary N) is 1. The molecule has 0 unspecified atom stereocenters. The Hall–Kier alpha value is -0.990. The first-order valence-corrected chi connectivity index (χ1v) is 12.3. The summed E-state index contributed by atoms with van der Waals surface area (Å²) in [6, 6.07) is 0. The fraction of sp³-hybridized carbons (Fsp3) is 0.842. The summed E-state index contributed by atoms with van der Waals surface area (Å²) >= 11 is 0. The second-order valence-electron chi connectivity index (χ2n) is 7.76. The van der Waals surface area contributed by atoms with Crippen LogP contribution < -0.4 is 5.32 Å². The van der Waals surface area contributed by atoms with Crippen LogP contribution in [0.3, 0.4) is 0 Å². The predicted molar refractivity (Wildman–Crippen MR) is 133 cm³/mol. The maximum absolute atomic E-state index is 12.6. The van der Waals surface area contributed by atoms with E-state index in [0.717, 1.165) is 37.0 Å². The van der Waals surface area contributed by atoms with Crippen LogP contribution >= 0.6 is 24.0 Å². The standard InChI is InChI=1S/C19H37N7O3S.HI/c1-6-7-8-20-19(21-15-18-23-22-17(4)24(18)5)25-9-11-26(12-10-25)30(27,28)14-13-29-16(2)3;/h16H,6-15H2,1-5H3,(H,20,21);1H. The summed E-state index contributed by atoms with van der Waals surface area (Å²) in [5, 5.41) is 11.7. The lowest BCUT2D eigenvalue weighted by Gasteiger charge is -2.36. The van der Waals surface area contributed by atoms with E-state index in [1.165, 1.54) is 0 Å². The first kappa shape index (κ1) is 28.0. The fourth-order valence-corrected chi connectivity index (χ4v) is 4.36. The molecule has 1 saturated heterocycles. The maximum Gasteiger partial charge on any atom is 0.216 e. The van der Waals surface area contributed by atoms with Crippen molar-refractivity contribution in [2.75, 3.05) is 45.1 Å². The van der Waals surface area contributed by atoms with E-state index < -0.39 is 10.0 Å². The summed E-state index contributed by atoms with van der Waals surface area (Å²) in [6.45, 7) is 11.4. The molecule has 1 fully saturated rings. The minimum atomic E-state index is -3.31. The van der Waals surface area contributed by atoms with Crippen molar-refractivity contribution in [3.63, 3.8) is 0 Å². The van der Waals surface area contributed by atoms with Gasteiger partial charge in [-0.2, -0.15) is 4.31 Å². The van der Waals surface area contributed by atoms with Crippen molar-refractivity contribution in [3.05, 3.63) is 11.6 Å². The zero-order valence-electron chi connectivity index (χ0n) is 19.4. The van der Waals surface area contributed by atoms with Crippen LogP contribution in [0.5, 0.6) is 0 Å². The molecule has 0 bridgehead atoms. The van der Waals surface area contributed by atoms with Crippen LogP contribution in [-0.4, -0.2) is 89.5 Å². The van der Waals surface area contributed by atoms with Gasteiger partial charge in [-0.3, -0.25) is 0 Å². The van der Waals surface area contributed by atoms with Crippen LogP contribution in [-0.2, 0) is 28.4 Å². The predicted octanol–water partition coefficient (Wildman–Crippen LogP) is 1.36. The van der Waals surface area contributed by atoms with E-state index in [1.807, 2.05) is 32.4 Å². The van der Waals surface area contributed by atoms with E-state index in [0.29, 0.717) is 32.7 Å². The molecule has 1 aromatic rings. The highest BCUT2D eigenvalue weighted by Crippen LogP contribution is 2.10. The minimum absolute atomic E-state index is 0. The first-order chi connectivity index (χ1) is 14.2. The Morgan fingerprint density at radius 1 is 1.23 bits per heavy atom. The molecule has 180 valence electrons. The lowest BCUT2D eigenvalue weighted by Crippen LogP contribution is -2.54. The number of hydrogen-bond acceptors (Lipinski definition) is 6. The van der Waals surface area contributed by atoms with E-state index in [2.05, 4.69) is 27.3 Å². The summed E-state index contributed by atoms with van der Waals surface area (Å²) < 4.78 is 34.0. The summed E-state index contributed by atoms with van der Waals surface area (Å²) in [6.07, 6.45) is 2.17. The number of ether oxygens (including phenoxy) is 1. The zero-order chi connectivity index (χ0) is 22.1. The number of hydrogen-bond donors (Lipinski definition) is 1. The molecular formula is C19H38IN7O3S. The third kappa shape index (κ3) is 8.81. The molecule has 1 aliphatic rings. The quantitative estimate of drug-likeness (QED) is 0.196. The molecule has 12 heteroatoms. The van der Waals surface area contributed by atoms with Crippen molar-refractivity contribution < 1.29 is 13.2 Å². The number of rotatable bonds is 10. The van der Waals surface area contributed by atoms with Gasteiger partial charge in [0.15, 0.2) is 11.8 Å². The lowest BCUT2D eigenvalue weighted by atomic mass is 10.3. The average Bonchev–Trinajstić information content (AvgIpc) is 3.02. The number of aliphatic imine (C=N–C) groups is 1. The summed E-state index contributed by atoms with van der Waals surface area (Å²) in [5.41, 5.74) is 0. The monoisotopic (exact) mass is 571 g/mol. The van der Waals surface area contributed by atoms with E-state index >= 15 is 0 Å². The van der Waals surface area contributed by atoms with Gasteiger partial charge in [0.25, 0.3) is 0 Å². The highest BCUT2D eigenvalue weighted by Gasteiger charge is 2.28. The van der Waals surface area contributed by atoms with Crippen molar-refractivity contribution in [1.82, 2.24) is 29.3 Å². The van der Waals surface area contributed by atoms with Crippen LogP contribution in [0.4, 0.5) is 0 Å². The lowest BCUT2D eigenvalue weighted by molar-refractivity contribution is 0.0904. The number of sulfonamides is 1. The molecular weight excluding hydrogens is 533 g/mol. The Morgan fingerprint density at radius 3 is 2.45 bits per heavy atom. The van der Waals surface area contributed by atoms with Crippen molar-refractivity contribution in [3.8, 4) is 0 Å². The van der Waals surface area contributed by atoms with Crippen LogP contribution in [0.2, 0.25) is 0 Å². The van der Waals surface area contributed by atoms with E-state index in [1.54, 1.807) is 4.31 Å². The number of unbranched alkanes of at least 4 members (excludes halogenated alkanes) is 1. The Bertz CT molecular complexity index is 790. The molecule has 0 amide bonds. The van der Waals surface area contributed by atoms with Gasteiger partial charge in [0.05, 0.1) is 18.5 Å². The van der Waals surface area contributed by atoms with Gasteiger partial charge in [-0.1, -0.05) is 13.3 Å². The van der Waals surface area contributed by atoms with Crippen LogP contribution in [0.15, 0.2) is 4.99 Å². The maximum atomic E-state index is 12.6. The van der Waals surface area contributed by atoms with Gasteiger partial charge in [0.1, 0.15) is 12.4 Å². The van der Waals surface area contributed by atoms with Gasteiger partial charge in [0.2, 0.25) is 10.0 Å². The van der Waals surface area contributed by atoms with Crippen LogP contribution in [0.25, 0.3) is 0 Å². The minimum Gasteiger partial charge on any atom is -0.378 e. The zero-order valence-corrected chi connectivity index (χ0v) is 22.5. The molecule has 0 aliphatic carbocycles. The number of nitrogens with zero attached hydrogens (tertiary/aromatic N) is 6. The first-order valence-electron chi connectivity index (χ1n) is 10.7. The van der Waals surface area contributed by atoms with Gasteiger partial charge < -0.3 is 19.5 Å². The summed E-state index contributed by atoms with van der Waals surface area (Å²) in [5.74, 6) is 2.46.